The van der Waals surface area contributed by atoms with Gasteiger partial charge in [0.15, 0.2) is 0 Å². The Morgan fingerprint density at radius 1 is 0.929 bits per heavy atom. The predicted molar refractivity (Wildman–Crippen MR) is 59.8 cm³/mol. The van der Waals surface area contributed by atoms with Gasteiger partial charge in [0.05, 0.1) is 0 Å². The summed E-state index contributed by atoms with van der Waals surface area (Å²) < 4.78 is 0. The number of nitrogens with two attached hydrogens (primary N) is 1. The summed E-state index contributed by atoms with van der Waals surface area (Å²) in [6.45, 7) is 2.08. The second-order valence-electron chi connectivity index (χ2n) is 2.91. The largest absolute Gasteiger partial charge is 0.384 e. The van der Waals surface area contributed by atoms with E-state index in [1.807, 2.05) is 30.3 Å². The van der Waals surface area contributed by atoms with Crippen molar-refractivity contribution < 1.29 is 0 Å². The molecule has 0 aliphatic rings. The lowest BCUT2D eigenvalue weighted by Gasteiger charge is -1.82. The maximum absolute atomic E-state index is 5.25. The molecule has 2 N–H and O–H groups in total. The quantitative estimate of drug-likeness (QED) is 0.687. The molecule has 1 heterocycles. The SMILES string of the molecule is Cc1ccccc1.Nc1ccccn1. The van der Waals surface area contributed by atoms with E-state index in [0.29, 0.717) is 5.82 Å². The van der Waals surface area contributed by atoms with Crippen LogP contribution in [0.2, 0.25) is 0 Å². The minimum absolute atomic E-state index is 0.572. The molecule has 0 amide bonds. The van der Waals surface area contributed by atoms with Gasteiger partial charge in [-0.3, -0.25) is 0 Å². The molecule has 2 heteroatoms. The molecule has 0 aliphatic carbocycles. The zero-order chi connectivity index (χ0) is 10.2. The highest BCUT2D eigenvalue weighted by molar-refractivity contribution is 5.25. The number of rotatable bonds is 0. The second kappa shape index (κ2) is 5.75. The number of nitrogens with zero attached hydrogens (tertiary/aromatic N) is 1. The highest BCUT2D eigenvalue weighted by atomic mass is 14.8. The van der Waals surface area contributed by atoms with Crippen molar-refractivity contribution in [2.24, 2.45) is 0 Å². The molecule has 2 aromatic rings. The predicted octanol–water partition coefficient (Wildman–Crippen LogP) is 2.66. The van der Waals surface area contributed by atoms with Gasteiger partial charge in [0.25, 0.3) is 0 Å². The van der Waals surface area contributed by atoms with E-state index in [1.54, 1.807) is 12.3 Å². The lowest BCUT2D eigenvalue weighted by Crippen LogP contribution is -1.85. The first-order valence-corrected chi connectivity index (χ1v) is 4.47. The van der Waals surface area contributed by atoms with Gasteiger partial charge in [-0.1, -0.05) is 42.0 Å². The van der Waals surface area contributed by atoms with Crippen molar-refractivity contribution in [2.75, 3.05) is 5.73 Å². The summed E-state index contributed by atoms with van der Waals surface area (Å²) in [5.74, 6) is 0.572. The van der Waals surface area contributed by atoms with E-state index in [2.05, 4.69) is 24.0 Å². The average Bonchev–Trinajstić information content (AvgIpc) is 2.21. The summed E-state index contributed by atoms with van der Waals surface area (Å²) in [5, 5.41) is 0. The maximum Gasteiger partial charge on any atom is 0.123 e. The van der Waals surface area contributed by atoms with E-state index >= 15 is 0 Å². The van der Waals surface area contributed by atoms with Gasteiger partial charge >= 0.3 is 0 Å². The van der Waals surface area contributed by atoms with Gasteiger partial charge in [-0.2, -0.15) is 0 Å². The fourth-order valence-corrected chi connectivity index (χ4v) is 0.910. The number of hydrogen-bond donors (Lipinski definition) is 1. The van der Waals surface area contributed by atoms with Crippen molar-refractivity contribution in [2.45, 2.75) is 6.92 Å². The molecule has 0 aliphatic heterocycles. The second-order valence-corrected chi connectivity index (χ2v) is 2.91. The minimum atomic E-state index is 0.572. The lowest BCUT2D eigenvalue weighted by atomic mass is 10.2. The van der Waals surface area contributed by atoms with Crippen LogP contribution in [0, 0.1) is 6.92 Å². The van der Waals surface area contributed by atoms with Crippen LogP contribution < -0.4 is 5.73 Å². The van der Waals surface area contributed by atoms with Crippen molar-refractivity contribution >= 4 is 5.82 Å². The summed E-state index contributed by atoms with van der Waals surface area (Å²) in [5.41, 5.74) is 6.57. The van der Waals surface area contributed by atoms with Gasteiger partial charge in [0, 0.05) is 6.20 Å². The molecule has 0 fully saturated rings. The van der Waals surface area contributed by atoms with Crippen molar-refractivity contribution in [1.29, 1.82) is 0 Å². The Kier molecular flexibility index (Phi) is 4.21. The van der Waals surface area contributed by atoms with Gasteiger partial charge in [-0.15, -0.1) is 0 Å². The van der Waals surface area contributed by atoms with Crippen molar-refractivity contribution in [3.8, 4) is 0 Å². The van der Waals surface area contributed by atoms with E-state index in [-0.39, 0.29) is 0 Å². The molecule has 2 nitrogen and oxygen atoms in total. The molecule has 0 radical (unpaired) electrons. The maximum atomic E-state index is 5.25. The number of aromatic nitrogens is 1. The Hall–Kier alpha value is -1.83. The van der Waals surface area contributed by atoms with Crippen LogP contribution in [-0.2, 0) is 0 Å². The number of pyridine rings is 1. The number of benzene rings is 1. The summed E-state index contributed by atoms with van der Waals surface area (Å²) in [6, 6.07) is 15.7. The van der Waals surface area contributed by atoms with Crippen LogP contribution in [0.3, 0.4) is 0 Å². The van der Waals surface area contributed by atoms with E-state index in [0.717, 1.165) is 0 Å². The molecule has 0 unspecified atom stereocenters. The smallest absolute Gasteiger partial charge is 0.123 e. The molecule has 0 spiro atoms. The third-order valence-electron chi connectivity index (χ3n) is 1.63. The Bertz CT molecular complexity index is 306. The van der Waals surface area contributed by atoms with Gasteiger partial charge < -0.3 is 5.73 Å². The Balaban J connectivity index is 0.000000140. The topological polar surface area (TPSA) is 38.9 Å². The highest BCUT2D eigenvalue weighted by Gasteiger charge is 1.73. The van der Waals surface area contributed by atoms with Crippen LogP contribution in [0.15, 0.2) is 54.7 Å². The summed E-state index contributed by atoms with van der Waals surface area (Å²) in [7, 11) is 0. The number of nitrogen functional groups attached to an aromatic ring is 1. The first-order valence-electron chi connectivity index (χ1n) is 4.47. The fraction of sp³-hybridized carbons (Fsp3) is 0.0833. The first-order chi connectivity index (χ1) is 6.79. The Morgan fingerprint density at radius 3 is 1.86 bits per heavy atom. The zero-order valence-corrected chi connectivity index (χ0v) is 8.22. The molecule has 0 saturated heterocycles. The van der Waals surface area contributed by atoms with Crippen molar-refractivity contribution in [3.05, 3.63) is 60.3 Å². The molecular formula is C12H14N2. The van der Waals surface area contributed by atoms with Crippen LogP contribution in [0.1, 0.15) is 5.56 Å². The van der Waals surface area contributed by atoms with Crippen molar-refractivity contribution in [3.63, 3.8) is 0 Å². The normalized spacial score (nSPS) is 8.64. The molecule has 14 heavy (non-hydrogen) atoms. The molecular weight excluding hydrogens is 172 g/mol. The molecule has 72 valence electrons. The van der Waals surface area contributed by atoms with Gasteiger partial charge in [-0.05, 0) is 19.1 Å². The monoisotopic (exact) mass is 186 g/mol. The summed E-state index contributed by atoms with van der Waals surface area (Å²) in [4.78, 5) is 3.76. The third-order valence-corrected chi connectivity index (χ3v) is 1.63. The van der Waals surface area contributed by atoms with Crippen LogP contribution in [0.25, 0.3) is 0 Å². The van der Waals surface area contributed by atoms with Crippen LogP contribution in [-0.4, -0.2) is 4.98 Å². The van der Waals surface area contributed by atoms with Gasteiger partial charge in [0.2, 0.25) is 0 Å². The molecule has 0 saturated carbocycles. The van der Waals surface area contributed by atoms with Crippen molar-refractivity contribution in [1.82, 2.24) is 4.98 Å². The van der Waals surface area contributed by atoms with E-state index < -0.39 is 0 Å². The minimum Gasteiger partial charge on any atom is -0.384 e. The molecule has 1 aromatic heterocycles. The van der Waals surface area contributed by atoms with E-state index in [4.69, 9.17) is 5.73 Å². The van der Waals surface area contributed by atoms with Crippen LogP contribution in [0.5, 0.6) is 0 Å². The Labute approximate surface area is 84.4 Å². The Morgan fingerprint density at radius 2 is 1.57 bits per heavy atom. The van der Waals surface area contributed by atoms with Gasteiger partial charge in [-0.25, -0.2) is 4.98 Å². The number of anilines is 1. The molecule has 0 bridgehead atoms. The lowest BCUT2D eigenvalue weighted by molar-refractivity contribution is 1.34. The van der Waals surface area contributed by atoms with Crippen LogP contribution in [0.4, 0.5) is 5.82 Å². The first kappa shape index (κ1) is 10.3. The molecule has 1 aromatic carbocycles. The average molecular weight is 186 g/mol. The highest BCUT2D eigenvalue weighted by Crippen LogP contribution is 1.92. The molecule has 0 atom stereocenters. The summed E-state index contributed by atoms with van der Waals surface area (Å²) >= 11 is 0. The van der Waals surface area contributed by atoms with E-state index in [1.165, 1.54) is 5.56 Å². The summed E-state index contributed by atoms with van der Waals surface area (Å²) in [6.07, 6.45) is 1.66. The number of hydrogen-bond acceptors (Lipinski definition) is 2. The van der Waals surface area contributed by atoms with E-state index in [9.17, 15) is 0 Å². The molecule has 2 rings (SSSR count). The standard InChI is InChI=1S/C7H8.C5H6N2/c1-7-5-3-2-4-6-7;6-5-3-1-2-4-7-5/h2-6H,1H3;1-4H,(H2,6,7). The fourth-order valence-electron chi connectivity index (χ4n) is 0.910. The number of aryl methyl sites for hydroxylation is 1. The van der Waals surface area contributed by atoms with Crippen LogP contribution >= 0.6 is 0 Å². The third kappa shape index (κ3) is 4.26. The van der Waals surface area contributed by atoms with Gasteiger partial charge in [0.1, 0.15) is 5.82 Å². The zero-order valence-electron chi connectivity index (χ0n) is 8.22.